The average molecular weight is 411 g/mol. The predicted octanol–water partition coefficient (Wildman–Crippen LogP) is 3.46. The summed E-state index contributed by atoms with van der Waals surface area (Å²) in [6, 6.07) is 12.1. The van der Waals surface area contributed by atoms with Gasteiger partial charge in [-0.15, -0.1) is 11.8 Å². The molecule has 0 aliphatic heterocycles. The molecule has 148 valence electrons. The molecule has 0 spiro atoms. The molecule has 4 N–H and O–H groups in total. The molecule has 0 atom stereocenters. The van der Waals surface area contributed by atoms with Gasteiger partial charge in [-0.05, 0) is 36.2 Å². The van der Waals surface area contributed by atoms with Crippen LogP contribution in [0.15, 0.2) is 41.3 Å². The summed E-state index contributed by atoms with van der Waals surface area (Å²) >= 11 is 8.05. The van der Waals surface area contributed by atoms with E-state index in [9.17, 15) is 4.79 Å². The number of carbonyl (C=O) groups excluding carboxylic acids is 1. The molecular weight excluding hydrogens is 384 g/mol. The third-order valence-electron chi connectivity index (χ3n) is 3.65. The lowest BCUT2D eigenvalue weighted by Gasteiger charge is -2.18. The molecule has 0 fully saturated rings. The van der Waals surface area contributed by atoms with Gasteiger partial charge in [-0.25, -0.2) is 11.7 Å². The van der Waals surface area contributed by atoms with Gasteiger partial charge in [-0.3, -0.25) is 9.80 Å². The van der Waals surface area contributed by atoms with E-state index in [-0.39, 0.29) is 0 Å². The summed E-state index contributed by atoms with van der Waals surface area (Å²) in [4.78, 5) is 10.4. The fraction of sp³-hybridized carbons (Fsp3) is 0.316. The lowest BCUT2D eigenvalue weighted by atomic mass is 10.2. The maximum Gasteiger partial charge on any atom is 0.223 e. The number of hydrogen-bond acceptors (Lipinski definition) is 6. The molecule has 27 heavy (non-hydrogen) atoms. The van der Waals surface area contributed by atoms with E-state index in [2.05, 4.69) is 19.1 Å². The number of aryl methyl sites for hydroxylation is 1. The zero-order valence-electron chi connectivity index (χ0n) is 16.1. The quantitative estimate of drug-likeness (QED) is 0.239. The first-order valence-corrected chi connectivity index (χ1v) is 9.68. The Hall–Kier alpha value is -1.93. The molecule has 2 aromatic rings. The van der Waals surface area contributed by atoms with Gasteiger partial charge in [0.1, 0.15) is 5.75 Å². The Morgan fingerprint density at radius 3 is 2.41 bits per heavy atom. The van der Waals surface area contributed by atoms with Gasteiger partial charge in [0.15, 0.2) is 0 Å². The summed E-state index contributed by atoms with van der Waals surface area (Å²) in [5, 5.41) is 3.27. The summed E-state index contributed by atoms with van der Waals surface area (Å²) in [5.41, 5.74) is 3.26. The molecule has 1 amide bonds. The number of anilines is 1. The molecule has 0 radical (unpaired) electrons. The summed E-state index contributed by atoms with van der Waals surface area (Å²) < 4.78 is 5.45. The smallest absolute Gasteiger partial charge is 0.223 e. The topological polar surface area (TPSA) is 84.8 Å². The van der Waals surface area contributed by atoms with Gasteiger partial charge in [0.05, 0.1) is 12.8 Å². The Kier molecular flexibility index (Phi) is 10.0. The highest BCUT2D eigenvalue weighted by molar-refractivity contribution is 7.98. The zero-order chi connectivity index (χ0) is 20.4. The van der Waals surface area contributed by atoms with E-state index >= 15 is 0 Å². The first-order valence-electron chi connectivity index (χ1n) is 8.32. The highest BCUT2D eigenvalue weighted by Crippen LogP contribution is 2.36. The van der Waals surface area contributed by atoms with E-state index in [1.165, 1.54) is 12.6 Å². The number of carbonyl (C=O) groups is 1. The van der Waals surface area contributed by atoms with Crippen LogP contribution >= 0.6 is 23.4 Å². The Labute approximate surface area is 170 Å². The number of ether oxygens (including phenoxy) is 1. The number of hydrazine groups is 2. The highest BCUT2D eigenvalue weighted by Gasteiger charge is 2.12. The third kappa shape index (κ3) is 7.30. The van der Waals surface area contributed by atoms with Gasteiger partial charge in [-0.1, -0.05) is 30.7 Å². The van der Waals surface area contributed by atoms with Crippen LogP contribution in [-0.4, -0.2) is 32.6 Å². The fourth-order valence-electron chi connectivity index (χ4n) is 2.22. The fourth-order valence-corrected chi connectivity index (χ4v) is 3.67. The number of thioether (sulfide) groups is 1. The van der Waals surface area contributed by atoms with E-state index in [1.807, 2.05) is 31.3 Å². The van der Waals surface area contributed by atoms with Crippen molar-refractivity contribution in [3.05, 3.63) is 52.5 Å². The second kappa shape index (κ2) is 11.7. The maximum atomic E-state index is 9.31. The predicted molar refractivity (Wildman–Crippen MR) is 114 cm³/mol. The van der Waals surface area contributed by atoms with Gasteiger partial charge in [0, 0.05) is 35.3 Å². The molecule has 0 heterocycles. The highest BCUT2D eigenvalue weighted by atomic mass is 35.5. The van der Waals surface area contributed by atoms with E-state index < -0.39 is 0 Å². The SMILES string of the molecule is CCc1ccc(OC)c(SCc2c(Cl)cccc2N(C)N)c1.CN(N)C=O. The minimum Gasteiger partial charge on any atom is -0.496 e. The van der Waals surface area contributed by atoms with Crippen molar-refractivity contribution >= 4 is 35.5 Å². The summed E-state index contributed by atoms with van der Waals surface area (Å²) in [6.07, 6.45) is 1.53. The molecule has 0 saturated carbocycles. The van der Waals surface area contributed by atoms with Crippen molar-refractivity contribution in [1.29, 1.82) is 0 Å². The molecule has 0 saturated heterocycles. The lowest BCUT2D eigenvalue weighted by molar-refractivity contribution is -0.117. The normalized spacial score (nSPS) is 9.89. The number of halogens is 1. The zero-order valence-corrected chi connectivity index (χ0v) is 17.7. The summed E-state index contributed by atoms with van der Waals surface area (Å²) in [5.74, 6) is 12.3. The van der Waals surface area contributed by atoms with Crippen LogP contribution in [0.2, 0.25) is 5.02 Å². The van der Waals surface area contributed by atoms with Crippen molar-refractivity contribution in [1.82, 2.24) is 5.01 Å². The van der Waals surface area contributed by atoms with Crippen molar-refractivity contribution in [3.8, 4) is 5.75 Å². The van der Waals surface area contributed by atoms with Crippen LogP contribution in [-0.2, 0) is 17.0 Å². The van der Waals surface area contributed by atoms with E-state index in [0.717, 1.165) is 44.1 Å². The largest absolute Gasteiger partial charge is 0.496 e. The van der Waals surface area contributed by atoms with Gasteiger partial charge in [0.2, 0.25) is 6.41 Å². The number of nitrogens with zero attached hydrogens (tertiary/aromatic N) is 2. The molecule has 8 heteroatoms. The number of hydrogen-bond donors (Lipinski definition) is 2. The number of benzene rings is 2. The standard InChI is InChI=1S/C17H21ClN2OS.C2H6N2O/c1-4-12-8-9-16(21-3)17(10-12)22-11-13-14(18)6-5-7-15(13)20(2)19;1-4(3)2-5/h5-10H,4,11,19H2,1-3H3;2H,3H2,1H3. The van der Waals surface area contributed by atoms with Gasteiger partial charge in [-0.2, -0.15) is 0 Å². The first kappa shape index (κ1) is 23.1. The Balaban J connectivity index is 0.000000646. The Morgan fingerprint density at radius 1 is 1.22 bits per heavy atom. The first-order chi connectivity index (χ1) is 12.8. The van der Waals surface area contributed by atoms with E-state index in [0.29, 0.717) is 6.41 Å². The molecule has 2 aromatic carbocycles. The van der Waals surface area contributed by atoms with Crippen molar-refractivity contribution in [3.63, 3.8) is 0 Å². The van der Waals surface area contributed by atoms with Crippen LogP contribution in [0.4, 0.5) is 5.69 Å². The van der Waals surface area contributed by atoms with Crippen molar-refractivity contribution in [2.24, 2.45) is 11.7 Å². The number of rotatable bonds is 7. The van der Waals surface area contributed by atoms with Crippen LogP contribution in [0.5, 0.6) is 5.75 Å². The van der Waals surface area contributed by atoms with Crippen LogP contribution in [0.25, 0.3) is 0 Å². The van der Waals surface area contributed by atoms with Crippen molar-refractivity contribution in [2.75, 3.05) is 26.2 Å². The molecular formula is C19H27ClN4O2S. The van der Waals surface area contributed by atoms with Crippen LogP contribution in [0.3, 0.4) is 0 Å². The minimum absolute atomic E-state index is 0.528. The molecule has 0 bridgehead atoms. The van der Waals surface area contributed by atoms with Crippen LogP contribution in [0, 0.1) is 0 Å². The Morgan fingerprint density at radius 2 is 1.89 bits per heavy atom. The van der Waals surface area contributed by atoms with Crippen molar-refractivity contribution < 1.29 is 9.53 Å². The molecule has 2 rings (SSSR count). The van der Waals surface area contributed by atoms with E-state index in [1.54, 1.807) is 23.9 Å². The second-order valence-electron chi connectivity index (χ2n) is 5.75. The Bertz CT molecular complexity index is 742. The third-order valence-corrected chi connectivity index (χ3v) is 5.07. The van der Waals surface area contributed by atoms with Gasteiger partial charge < -0.3 is 9.75 Å². The monoisotopic (exact) mass is 410 g/mol. The maximum absolute atomic E-state index is 9.31. The average Bonchev–Trinajstić information content (AvgIpc) is 2.66. The molecule has 0 aliphatic rings. The van der Waals surface area contributed by atoms with Gasteiger partial charge in [0.25, 0.3) is 0 Å². The molecule has 0 aromatic heterocycles. The van der Waals surface area contributed by atoms with E-state index in [4.69, 9.17) is 28.0 Å². The summed E-state index contributed by atoms with van der Waals surface area (Å²) in [6.45, 7) is 2.14. The van der Waals surface area contributed by atoms with Crippen LogP contribution < -0.4 is 21.4 Å². The van der Waals surface area contributed by atoms with Crippen molar-refractivity contribution in [2.45, 2.75) is 24.0 Å². The molecule has 0 unspecified atom stereocenters. The molecule has 6 nitrogen and oxygen atoms in total. The summed E-state index contributed by atoms with van der Waals surface area (Å²) in [7, 11) is 4.98. The lowest BCUT2D eigenvalue weighted by Crippen LogP contribution is -2.26. The minimum atomic E-state index is 0.528. The number of methoxy groups -OCH3 is 1. The van der Waals surface area contributed by atoms with Gasteiger partial charge >= 0.3 is 0 Å². The number of amides is 1. The van der Waals surface area contributed by atoms with Crippen LogP contribution in [0.1, 0.15) is 18.1 Å². The second-order valence-corrected chi connectivity index (χ2v) is 7.17. The molecule has 0 aliphatic carbocycles. The number of nitrogens with two attached hydrogens (primary N) is 2.